The number of rotatable bonds is 11. The summed E-state index contributed by atoms with van der Waals surface area (Å²) in [6, 6.07) is 0. The summed E-state index contributed by atoms with van der Waals surface area (Å²) in [5, 5.41) is 8.45. The van der Waals surface area contributed by atoms with Crippen molar-refractivity contribution < 1.29 is 24.2 Å². The number of unbranched alkanes of at least 4 members (excludes halogenated alkanes) is 1. The van der Waals surface area contributed by atoms with E-state index in [-0.39, 0.29) is 30.5 Å². The molecule has 5 nitrogen and oxygen atoms in total. The molecule has 1 N–H and O–H groups in total. The maximum Gasteiger partial charge on any atom is 0.305 e. The Bertz CT molecular complexity index is 298. The van der Waals surface area contributed by atoms with Gasteiger partial charge in [0.25, 0.3) is 0 Å². The monoisotopic (exact) mass is 272 g/mol. The summed E-state index contributed by atoms with van der Waals surface area (Å²) >= 11 is 0. The van der Waals surface area contributed by atoms with E-state index in [1.54, 1.807) is 6.92 Å². The SMILES string of the molecule is CC[C@@H](CCC(C)=O)COC(=O)CCCCC(=O)O. The van der Waals surface area contributed by atoms with Crippen LogP contribution in [0.25, 0.3) is 0 Å². The molecule has 0 aliphatic rings. The van der Waals surface area contributed by atoms with Crippen LogP contribution in [-0.2, 0) is 19.1 Å². The number of hydrogen-bond donors (Lipinski definition) is 1. The third-order valence-electron chi connectivity index (χ3n) is 2.98. The van der Waals surface area contributed by atoms with E-state index in [2.05, 4.69) is 0 Å². The van der Waals surface area contributed by atoms with Gasteiger partial charge in [-0.2, -0.15) is 0 Å². The highest BCUT2D eigenvalue weighted by Crippen LogP contribution is 2.12. The molecule has 5 heteroatoms. The fourth-order valence-corrected chi connectivity index (χ4v) is 1.64. The zero-order chi connectivity index (χ0) is 14.7. The standard InChI is InChI=1S/C14H24O5/c1-3-12(9-8-11(2)15)10-19-14(18)7-5-4-6-13(16)17/h12H,3-10H2,1-2H3,(H,16,17)/t12-/m0/s1. The molecule has 1 atom stereocenters. The van der Waals surface area contributed by atoms with Gasteiger partial charge in [-0.3, -0.25) is 9.59 Å². The highest BCUT2D eigenvalue weighted by atomic mass is 16.5. The summed E-state index contributed by atoms with van der Waals surface area (Å²) in [4.78, 5) is 32.6. The second-order valence-corrected chi connectivity index (χ2v) is 4.80. The zero-order valence-corrected chi connectivity index (χ0v) is 11.8. The Balaban J connectivity index is 3.68. The fraction of sp³-hybridized carbons (Fsp3) is 0.786. The summed E-state index contributed by atoms with van der Waals surface area (Å²) in [6.07, 6.45) is 3.52. The normalized spacial score (nSPS) is 11.9. The van der Waals surface area contributed by atoms with Crippen LogP contribution in [0.1, 0.15) is 58.8 Å². The van der Waals surface area contributed by atoms with Crippen LogP contribution in [-0.4, -0.2) is 29.4 Å². The molecule has 0 fully saturated rings. The Hall–Kier alpha value is -1.39. The molecule has 0 aromatic carbocycles. The third-order valence-corrected chi connectivity index (χ3v) is 2.98. The largest absolute Gasteiger partial charge is 0.481 e. The second kappa shape index (κ2) is 10.5. The number of Topliss-reactive ketones (excluding diaryl/α,β-unsaturated/α-hetero) is 1. The molecule has 19 heavy (non-hydrogen) atoms. The number of esters is 1. The molecule has 0 bridgehead atoms. The predicted octanol–water partition coefficient (Wildman–Crippen LogP) is 2.57. The number of carbonyl (C=O) groups is 3. The highest BCUT2D eigenvalue weighted by Gasteiger charge is 2.11. The van der Waals surface area contributed by atoms with Crippen molar-refractivity contribution in [3.8, 4) is 0 Å². The van der Waals surface area contributed by atoms with Crippen molar-refractivity contribution >= 4 is 17.7 Å². The minimum absolute atomic E-state index is 0.0868. The van der Waals surface area contributed by atoms with E-state index < -0.39 is 5.97 Å². The highest BCUT2D eigenvalue weighted by molar-refractivity contribution is 5.75. The Morgan fingerprint density at radius 1 is 1.11 bits per heavy atom. The van der Waals surface area contributed by atoms with Crippen LogP contribution in [0.5, 0.6) is 0 Å². The number of hydrogen-bond acceptors (Lipinski definition) is 4. The van der Waals surface area contributed by atoms with Gasteiger partial charge in [-0.1, -0.05) is 13.3 Å². The van der Waals surface area contributed by atoms with Gasteiger partial charge < -0.3 is 14.6 Å². The molecule has 0 aromatic heterocycles. The molecule has 0 saturated heterocycles. The van der Waals surface area contributed by atoms with Crippen LogP contribution in [0.2, 0.25) is 0 Å². The molecule has 0 unspecified atom stereocenters. The van der Waals surface area contributed by atoms with Gasteiger partial charge in [-0.25, -0.2) is 0 Å². The Kier molecular flexibility index (Phi) is 9.75. The molecule has 0 rings (SSSR count). The van der Waals surface area contributed by atoms with Crippen LogP contribution in [0, 0.1) is 5.92 Å². The fourth-order valence-electron chi connectivity index (χ4n) is 1.64. The topological polar surface area (TPSA) is 80.7 Å². The minimum atomic E-state index is -0.844. The van der Waals surface area contributed by atoms with Gasteiger partial charge in [0.1, 0.15) is 5.78 Å². The first-order valence-electron chi connectivity index (χ1n) is 6.82. The van der Waals surface area contributed by atoms with Crippen LogP contribution in [0.3, 0.4) is 0 Å². The van der Waals surface area contributed by atoms with E-state index in [0.717, 1.165) is 12.8 Å². The first kappa shape index (κ1) is 17.6. The third kappa shape index (κ3) is 11.4. The van der Waals surface area contributed by atoms with Crippen molar-refractivity contribution in [1.82, 2.24) is 0 Å². The first-order valence-corrected chi connectivity index (χ1v) is 6.82. The number of aliphatic carboxylic acids is 1. The van der Waals surface area contributed by atoms with E-state index >= 15 is 0 Å². The van der Waals surface area contributed by atoms with E-state index in [1.165, 1.54) is 0 Å². The molecule has 0 spiro atoms. The van der Waals surface area contributed by atoms with Crippen molar-refractivity contribution in [2.75, 3.05) is 6.61 Å². The molecule has 0 amide bonds. The molecular weight excluding hydrogens is 248 g/mol. The van der Waals surface area contributed by atoms with Crippen LogP contribution >= 0.6 is 0 Å². The van der Waals surface area contributed by atoms with Crippen molar-refractivity contribution in [2.45, 2.75) is 58.8 Å². The smallest absolute Gasteiger partial charge is 0.305 e. The zero-order valence-electron chi connectivity index (χ0n) is 11.8. The summed E-state index contributed by atoms with van der Waals surface area (Å²) in [6.45, 7) is 3.91. The molecule has 0 aliphatic heterocycles. The van der Waals surface area contributed by atoms with Gasteiger partial charge in [0.2, 0.25) is 0 Å². The lowest BCUT2D eigenvalue weighted by molar-refractivity contribution is -0.145. The van der Waals surface area contributed by atoms with Crippen LogP contribution < -0.4 is 0 Å². The maximum absolute atomic E-state index is 11.4. The molecular formula is C14H24O5. The van der Waals surface area contributed by atoms with Crippen molar-refractivity contribution in [1.29, 1.82) is 0 Å². The van der Waals surface area contributed by atoms with Gasteiger partial charge in [0.05, 0.1) is 6.61 Å². The summed E-state index contributed by atoms with van der Waals surface area (Å²) in [5.74, 6) is -0.749. The average Bonchev–Trinajstić information content (AvgIpc) is 2.34. The molecule has 0 radical (unpaired) electrons. The van der Waals surface area contributed by atoms with Gasteiger partial charge in [0.15, 0.2) is 0 Å². The van der Waals surface area contributed by atoms with E-state index in [0.29, 0.717) is 25.9 Å². The van der Waals surface area contributed by atoms with E-state index in [1.807, 2.05) is 6.92 Å². The lowest BCUT2D eigenvalue weighted by atomic mass is 10.0. The van der Waals surface area contributed by atoms with Crippen molar-refractivity contribution in [3.63, 3.8) is 0 Å². The molecule has 0 aliphatic carbocycles. The first-order chi connectivity index (χ1) is 8.95. The van der Waals surface area contributed by atoms with E-state index in [9.17, 15) is 14.4 Å². The number of carbonyl (C=O) groups excluding carboxylic acids is 2. The summed E-state index contributed by atoms with van der Waals surface area (Å²) in [5.41, 5.74) is 0. The van der Waals surface area contributed by atoms with Crippen molar-refractivity contribution in [3.05, 3.63) is 0 Å². The summed E-state index contributed by atoms with van der Waals surface area (Å²) in [7, 11) is 0. The van der Waals surface area contributed by atoms with Gasteiger partial charge in [-0.15, -0.1) is 0 Å². The summed E-state index contributed by atoms with van der Waals surface area (Å²) < 4.78 is 5.14. The van der Waals surface area contributed by atoms with Gasteiger partial charge in [-0.05, 0) is 32.1 Å². The van der Waals surface area contributed by atoms with Crippen molar-refractivity contribution in [2.24, 2.45) is 5.92 Å². The number of ether oxygens (including phenoxy) is 1. The maximum atomic E-state index is 11.4. The average molecular weight is 272 g/mol. The number of carboxylic acids is 1. The quantitative estimate of drug-likeness (QED) is 0.462. The Morgan fingerprint density at radius 2 is 1.74 bits per heavy atom. The molecule has 0 saturated carbocycles. The second-order valence-electron chi connectivity index (χ2n) is 4.80. The molecule has 110 valence electrons. The minimum Gasteiger partial charge on any atom is -0.481 e. The van der Waals surface area contributed by atoms with Gasteiger partial charge >= 0.3 is 11.9 Å². The molecule has 0 aromatic rings. The van der Waals surface area contributed by atoms with Gasteiger partial charge in [0, 0.05) is 19.3 Å². The Morgan fingerprint density at radius 3 is 2.26 bits per heavy atom. The van der Waals surface area contributed by atoms with E-state index in [4.69, 9.17) is 9.84 Å². The number of ketones is 1. The molecule has 0 heterocycles. The van der Waals surface area contributed by atoms with Crippen LogP contribution in [0.15, 0.2) is 0 Å². The lowest BCUT2D eigenvalue weighted by Gasteiger charge is -2.14. The Labute approximate surface area is 114 Å². The predicted molar refractivity (Wildman–Crippen MR) is 70.8 cm³/mol. The van der Waals surface area contributed by atoms with Crippen LogP contribution in [0.4, 0.5) is 0 Å². The number of carboxylic acid groups (broad SMARTS) is 1. The lowest BCUT2D eigenvalue weighted by Crippen LogP contribution is -2.14.